The number of rotatable bonds is 1. The fourth-order valence-electron chi connectivity index (χ4n) is 2.09. The molecule has 0 aliphatic rings. The van der Waals surface area contributed by atoms with Gasteiger partial charge in [0.1, 0.15) is 11.0 Å². The lowest BCUT2D eigenvalue weighted by Gasteiger charge is -2.01. The van der Waals surface area contributed by atoms with Crippen molar-refractivity contribution >= 4 is 33.9 Å². The monoisotopic (exact) mass is 255 g/mol. The van der Waals surface area contributed by atoms with Crippen molar-refractivity contribution in [3.05, 3.63) is 24.0 Å². The minimum Gasteiger partial charge on any atom is -0.313 e. The first kappa shape index (κ1) is 11.6. The molecule has 0 fully saturated rings. The average Bonchev–Trinajstić information content (AvgIpc) is 2.66. The van der Waals surface area contributed by atoms with Crippen LogP contribution in [0.5, 0.6) is 0 Å². The number of benzene rings is 1. The maximum Gasteiger partial charge on any atom is 0.223 e. The Kier molecular flexibility index (Phi) is 2.45. The van der Waals surface area contributed by atoms with Crippen molar-refractivity contribution in [1.82, 2.24) is 19.5 Å². The number of hydrogen-bond donors (Lipinski definition) is 1. The second kappa shape index (κ2) is 4.01. The van der Waals surface area contributed by atoms with Crippen molar-refractivity contribution in [2.45, 2.75) is 13.8 Å². The van der Waals surface area contributed by atoms with Crippen molar-refractivity contribution in [3.8, 4) is 0 Å². The van der Waals surface area contributed by atoms with Gasteiger partial charge in [-0.2, -0.15) is 0 Å². The predicted octanol–water partition coefficient (Wildman–Crippen LogP) is 1.78. The van der Waals surface area contributed by atoms with Gasteiger partial charge in [0.2, 0.25) is 11.9 Å². The van der Waals surface area contributed by atoms with E-state index in [4.69, 9.17) is 0 Å². The Hall–Kier alpha value is -2.50. The summed E-state index contributed by atoms with van der Waals surface area (Å²) in [4.78, 5) is 24.4. The number of fused-ring (bicyclic) bond motifs is 3. The summed E-state index contributed by atoms with van der Waals surface area (Å²) in [6.45, 7) is 3.35. The van der Waals surface area contributed by atoms with Gasteiger partial charge in [-0.1, -0.05) is 0 Å². The molecule has 1 amide bonds. The number of amides is 1. The van der Waals surface area contributed by atoms with Crippen molar-refractivity contribution in [3.63, 3.8) is 0 Å². The van der Waals surface area contributed by atoms with Crippen LogP contribution < -0.4 is 5.32 Å². The van der Waals surface area contributed by atoms with Crippen molar-refractivity contribution in [2.75, 3.05) is 5.32 Å². The first-order valence-electron chi connectivity index (χ1n) is 5.92. The number of aryl methyl sites for hydroxylation is 2. The number of carbonyl (C=O) groups is 1. The van der Waals surface area contributed by atoms with Crippen LogP contribution in [-0.4, -0.2) is 25.4 Å². The Labute approximate surface area is 109 Å². The van der Waals surface area contributed by atoms with E-state index in [0.717, 1.165) is 27.8 Å². The molecule has 0 atom stereocenters. The van der Waals surface area contributed by atoms with E-state index in [0.29, 0.717) is 5.95 Å². The van der Waals surface area contributed by atoms with Crippen LogP contribution in [0, 0.1) is 6.92 Å². The lowest BCUT2D eigenvalue weighted by atomic mass is 10.2. The normalized spacial score (nSPS) is 11.1. The third kappa shape index (κ3) is 1.81. The smallest absolute Gasteiger partial charge is 0.223 e. The van der Waals surface area contributed by atoms with Gasteiger partial charge in [0.05, 0.1) is 16.7 Å². The number of hydrogen-bond acceptors (Lipinski definition) is 4. The van der Waals surface area contributed by atoms with Gasteiger partial charge in [-0.3, -0.25) is 15.1 Å². The zero-order valence-corrected chi connectivity index (χ0v) is 10.9. The SMILES string of the molecule is CC(=O)Nc1nc2c3nc(C)cnc3ccc2n1C. The van der Waals surface area contributed by atoms with Crippen LogP contribution >= 0.6 is 0 Å². The van der Waals surface area contributed by atoms with E-state index < -0.39 is 0 Å². The molecule has 96 valence electrons. The number of aromatic nitrogens is 4. The molecule has 0 spiro atoms. The molecule has 1 N–H and O–H groups in total. The van der Waals surface area contributed by atoms with Crippen LogP contribution in [0.1, 0.15) is 12.6 Å². The van der Waals surface area contributed by atoms with Crippen molar-refractivity contribution in [2.24, 2.45) is 7.05 Å². The number of carbonyl (C=O) groups excluding carboxylic acids is 1. The fourth-order valence-corrected chi connectivity index (χ4v) is 2.09. The Morgan fingerprint density at radius 3 is 2.79 bits per heavy atom. The number of anilines is 1. The molecule has 0 bridgehead atoms. The van der Waals surface area contributed by atoms with E-state index in [1.165, 1.54) is 6.92 Å². The van der Waals surface area contributed by atoms with Gasteiger partial charge in [-0.05, 0) is 19.1 Å². The standard InChI is InChI=1S/C13H13N5O/c1-7-6-14-9-4-5-10-12(11(9)15-7)17-13(18(10)3)16-8(2)19/h4-6H,1-3H3,(H,16,17,19). The fraction of sp³-hybridized carbons (Fsp3) is 0.231. The van der Waals surface area contributed by atoms with Gasteiger partial charge in [0, 0.05) is 20.2 Å². The largest absolute Gasteiger partial charge is 0.313 e. The molecule has 3 rings (SSSR count). The molecule has 3 aromatic rings. The quantitative estimate of drug-likeness (QED) is 0.719. The zero-order valence-electron chi connectivity index (χ0n) is 10.9. The lowest BCUT2D eigenvalue weighted by molar-refractivity contribution is -0.114. The summed E-state index contributed by atoms with van der Waals surface area (Å²) in [7, 11) is 1.86. The summed E-state index contributed by atoms with van der Waals surface area (Å²) >= 11 is 0. The molecule has 2 aromatic heterocycles. The maximum absolute atomic E-state index is 11.2. The summed E-state index contributed by atoms with van der Waals surface area (Å²) in [5.41, 5.74) is 4.05. The predicted molar refractivity (Wildman–Crippen MR) is 72.9 cm³/mol. The van der Waals surface area contributed by atoms with Crippen LogP contribution in [0.25, 0.3) is 22.1 Å². The van der Waals surface area contributed by atoms with Crippen LogP contribution in [0.4, 0.5) is 5.95 Å². The molecule has 6 heteroatoms. The highest BCUT2D eigenvalue weighted by molar-refractivity contribution is 6.02. The molecule has 0 aliphatic carbocycles. The van der Waals surface area contributed by atoms with Gasteiger partial charge in [0.25, 0.3) is 0 Å². The zero-order chi connectivity index (χ0) is 13.6. The highest BCUT2D eigenvalue weighted by atomic mass is 16.1. The molecular formula is C13H13N5O. The van der Waals surface area contributed by atoms with E-state index in [1.807, 2.05) is 30.7 Å². The molecule has 0 saturated heterocycles. The third-order valence-electron chi connectivity index (χ3n) is 2.97. The molecular weight excluding hydrogens is 242 g/mol. The second-order valence-electron chi connectivity index (χ2n) is 4.49. The molecule has 6 nitrogen and oxygen atoms in total. The van der Waals surface area contributed by atoms with Gasteiger partial charge in [-0.25, -0.2) is 9.97 Å². The first-order valence-corrected chi connectivity index (χ1v) is 5.92. The molecule has 19 heavy (non-hydrogen) atoms. The summed E-state index contributed by atoms with van der Waals surface area (Å²) in [6, 6.07) is 3.84. The highest BCUT2D eigenvalue weighted by Crippen LogP contribution is 2.24. The summed E-state index contributed by atoms with van der Waals surface area (Å²) in [5, 5.41) is 2.71. The number of imidazole rings is 1. The van der Waals surface area contributed by atoms with Gasteiger partial charge in [0.15, 0.2) is 0 Å². The van der Waals surface area contributed by atoms with E-state index in [2.05, 4.69) is 20.3 Å². The summed E-state index contributed by atoms with van der Waals surface area (Å²) in [6.07, 6.45) is 1.73. The van der Waals surface area contributed by atoms with Gasteiger partial charge in [-0.15, -0.1) is 0 Å². The Morgan fingerprint density at radius 1 is 1.26 bits per heavy atom. The molecule has 0 aliphatic heterocycles. The summed E-state index contributed by atoms with van der Waals surface area (Å²) < 4.78 is 1.83. The maximum atomic E-state index is 11.2. The van der Waals surface area contributed by atoms with E-state index in [-0.39, 0.29) is 5.91 Å². The van der Waals surface area contributed by atoms with Crippen LogP contribution in [0.2, 0.25) is 0 Å². The second-order valence-corrected chi connectivity index (χ2v) is 4.49. The van der Waals surface area contributed by atoms with Gasteiger partial charge < -0.3 is 4.57 Å². The highest BCUT2D eigenvalue weighted by Gasteiger charge is 2.12. The first-order chi connectivity index (χ1) is 9.06. The van der Waals surface area contributed by atoms with Crippen LogP contribution in [0.15, 0.2) is 18.3 Å². The van der Waals surface area contributed by atoms with Gasteiger partial charge >= 0.3 is 0 Å². The van der Waals surface area contributed by atoms with E-state index in [9.17, 15) is 4.79 Å². The molecule has 2 heterocycles. The Balaban J connectivity index is 2.35. The minimum absolute atomic E-state index is 0.148. The molecule has 0 saturated carbocycles. The molecule has 0 unspecified atom stereocenters. The number of nitrogens with one attached hydrogen (secondary N) is 1. The summed E-state index contributed by atoms with van der Waals surface area (Å²) in [5.74, 6) is 0.364. The minimum atomic E-state index is -0.148. The van der Waals surface area contributed by atoms with Crippen LogP contribution in [0.3, 0.4) is 0 Å². The van der Waals surface area contributed by atoms with Crippen LogP contribution in [-0.2, 0) is 11.8 Å². The number of nitrogens with zero attached hydrogens (tertiary/aromatic N) is 4. The van der Waals surface area contributed by atoms with Crippen molar-refractivity contribution < 1.29 is 4.79 Å². The molecule has 0 radical (unpaired) electrons. The van der Waals surface area contributed by atoms with E-state index >= 15 is 0 Å². The average molecular weight is 255 g/mol. The lowest BCUT2D eigenvalue weighted by Crippen LogP contribution is -2.10. The van der Waals surface area contributed by atoms with E-state index in [1.54, 1.807) is 6.20 Å². The topological polar surface area (TPSA) is 72.7 Å². The van der Waals surface area contributed by atoms with Crippen molar-refractivity contribution in [1.29, 1.82) is 0 Å². The molecule has 1 aromatic carbocycles. The Bertz CT molecular complexity index is 806. The third-order valence-corrected chi connectivity index (χ3v) is 2.97. The Morgan fingerprint density at radius 2 is 2.05 bits per heavy atom.